The van der Waals surface area contributed by atoms with E-state index in [0.29, 0.717) is 16.1 Å². The molecule has 0 unspecified atom stereocenters. The van der Waals surface area contributed by atoms with Crippen molar-refractivity contribution in [2.24, 2.45) is 4.99 Å². The van der Waals surface area contributed by atoms with Gasteiger partial charge in [-0.3, -0.25) is 14.9 Å². The van der Waals surface area contributed by atoms with E-state index in [4.69, 9.17) is 6.42 Å². The van der Waals surface area contributed by atoms with Gasteiger partial charge >= 0.3 is 0 Å². The van der Waals surface area contributed by atoms with Crippen molar-refractivity contribution < 1.29 is 14.1 Å². The Morgan fingerprint density at radius 2 is 2.07 bits per heavy atom. The average molecular weight is 415 g/mol. The molecule has 9 heteroatoms. The van der Waals surface area contributed by atoms with Gasteiger partial charge in [-0.15, -0.1) is 18.2 Å². The van der Waals surface area contributed by atoms with E-state index in [9.17, 15) is 19.3 Å². The smallest absolute Gasteiger partial charge is 0.271 e. The number of hydrogen-bond acceptors (Lipinski definition) is 5. The maximum atomic E-state index is 12.9. The van der Waals surface area contributed by atoms with E-state index < -0.39 is 4.92 Å². The minimum Gasteiger partial charge on any atom is -0.304 e. The van der Waals surface area contributed by atoms with Crippen LogP contribution in [0.15, 0.2) is 52.4 Å². The lowest BCUT2D eigenvalue weighted by atomic mass is 10.3. The molecule has 0 saturated heterocycles. The number of nitro benzene ring substituents is 1. The molecule has 142 valence electrons. The molecule has 0 saturated carbocycles. The second-order valence-electron chi connectivity index (χ2n) is 5.64. The first-order valence-electron chi connectivity index (χ1n) is 8.15. The molecular formula is C19H14FN3O3S2. The number of rotatable bonds is 6. The largest absolute Gasteiger partial charge is 0.304 e. The predicted octanol–water partition coefficient (Wildman–Crippen LogP) is 3.99. The number of fused-ring (bicyclic) bond motifs is 1. The summed E-state index contributed by atoms with van der Waals surface area (Å²) in [6, 6.07) is 10.5. The molecule has 0 aliphatic rings. The van der Waals surface area contributed by atoms with Crippen molar-refractivity contribution in [1.29, 1.82) is 0 Å². The Labute approximate surface area is 167 Å². The molecule has 1 heterocycles. The highest BCUT2D eigenvalue weighted by Crippen LogP contribution is 2.23. The second-order valence-corrected chi connectivity index (χ2v) is 7.82. The molecule has 0 aliphatic carbocycles. The van der Waals surface area contributed by atoms with Gasteiger partial charge in [0.25, 0.3) is 5.69 Å². The number of non-ortho nitro benzene ring substituents is 1. The molecule has 0 atom stereocenters. The molecule has 1 amide bonds. The van der Waals surface area contributed by atoms with E-state index in [1.807, 2.05) is 0 Å². The van der Waals surface area contributed by atoms with Crippen LogP contribution < -0.4 is 4.80 Å². The van der Waals surface area contributed by atoms with Crippen molar-refractivity contribution >= 4 is 44.9 Å². The topological polar surface area (TPSA) is 77.5 Å². The van der Waals surface area contributed by atoms with Crippen molar-refractivity contribution in [3.8, 4) is 12.3 Å². The third kappa shape index (κ3) is 4.65. The number of benzene rings is 2. The number of nitro groups is 1. The first-order valence-corrected chi connectivity index (χ1v) is 9.95. The fourth-order valence-electron chi connectivity index (χ4n) is 2.45. The lowest BCUT2D eigenvalue weighted by Crippen LogP contribution is -2.16. The van der Waals surface area contributed by atoms with Crippen LogP contribution in [-0.2, 0) is 11.3 Å². The maximum Gasteiger partial charge on any atom is 0.271 e. The third-order valence-corrected chi connectivity index (χ3v) is 5.82. The van der Waals surface area contributed by atoms with Crippen LogP contribution in [0.4, 0.5) is 10.1 Å². The van der Waals surface area contributed by atoms with Gasteiger partial charge in [0.05, 0.1) is 21.7 Å². The minimum absolute atomic E-state index is 0.0513. The van der Waals surface area contributed by atoms with Gasteiger partial charge in [0.2, 0.25) is 5.91 Å². The summed E-state index contributed by atoms with van der Waals surface area (Å²) in [7, 11) is 0. The third-order valence-electron chi connectivity index (χ3n) is 3.74. The van der Waals surface area contributed by atoms with Gasteiger partial charge in [-0.25, -0.2) is 4.39 Å². The highest BCUT2D eigenvalue weighted by Gasteiger charge is 2.12. The lowest BCUT2D eigenvalue weighted by Gasteiger charge is -2.01. The first kappa shape index (κ1) is 19.8. The summed E-state index contributed by atoms with van der Waals surface area (Å²) in [5.41, 5.74) is 0.522. The second kappa shape index (κ2) is 8.82. The minimum atomic E-state index is -0.480. The maximum absolute atomic E-state index is 12.9. The summed E-state index contributed by atoms with van der Waals surface area (Å²) in [5, 5.41) is 11.0. The number of aromatic nitrogens is 1. The molecule has 0 fully saturated rings. The van der Waals surface area contributed by atoms with Gasteiger partial charge < -0.3 is 4.57 Å². The number of terminal acetylenes is 1. The monoisotopic (exact) mass is 415 g/mol. The van der Waals surface area contributed by atoms with Gasteiger partial charge in [0.1, 0.15) is 5.82 Å². The number of amides is 1. The Balaban J connectivity index is 1.80. The molecule has 28 heavy (non-hydrogen) atoms. The van der Waals surface area contributed by atoms with Crippen molar-refractivity contribution in [2.75, 3.05) is 5.75 Å². The molecule has 2 aromatic carbocycles. The summed E-state index contributed by atoms with van der Waals surface area (Å²) in [5.74, 6) is 2.36. The number of nitrogens with zero attached hydrogens (tertiary/aromatic N) is 3. The van der Waals surface area contributed by atoms with Crippen LogP contribution in [-0.4, -0.2) is 21.2 Å². The van der Waals surface area contributed by atoms with Gasteiger partial charge in [-0.1, -0.05) is 17.3 Å². The Kier molecular flexibility index (Phi) is 6.23. The van der Waals surface area contributed by atoms with E-state index in [0.717, 1.165) is 9.60 Å². The van der Waals surface area contributed by atoms with Crippen LogP contribution in [0.5, 0.6) is 0 Å². The molecule has 0 bridgehead atoms. The Morgan fingerprint density at radius 1 is 1.32 bits per heavy atom. The molecule has 1 aromatic heterocycles. The Morgan fingerprint density at radius 3 is 2.75 bits per heavy atom. The van der Waals surface area contributed by atoms with E-state index >= 15 is 0 Å². The molecule has 0 spiro atoms. The van der Waals surface area contributed by atoms with Crippen molar-refractivity contribution in [3.63, 3.8) is 0 Å². The van der Waals surface area contributed by atoms with E-state index in [1.165, 1.54) is 47.4 Å². The molecule has 3 rings (SSSR count). The Hall–Kier alpha value is -2.96. The Bertz CT molecular complexity index is 1140. The van der Waals surface area contributed by atoms with E-state index in [2.05, 4.69) is 10.9 Å². The lowest BCUT2D eigenvalue weighted by molar-refractivity contribution is -0.384. The zero-order chi connectivity index (χ0) is 20.1. The number of thioether (sulfide) groups is 1. The molecular weight excluding hydrogens is 401 g/mol. The molecule has 0 radical (unpaired) electrons. The summed E-state index contributed by atoms with van der Waals surface area (Å²) in [4.78, 5) is 28.2. The van der Waals surface area contributed by atoms with Crippen molar-refractivity contribution in [1.82, 2.24) is 4.57 Å². The quantitative estimate of drug-likeness (QED) is 0.264. The summed E-state index contributed by atoms with van der Waals surface area (Å²) >= 11 is 2.69. The summed E-state index contributed by atoms with van der Waals surface area (Å²) in [6.45, 7) is 0.150. The standard InChI is InChI=1S/C19H14FN3O3S2/c1-2-10-22-16-12-14(23(25)26)5-8-17(16)28-19(22)21-18(24)9-11-27-15-6-3-13(20)4-7-15/h1,3-8,12H,9-11H2. The molecule has 3 aromatic rings. The van der Waals surface area contributed by atoms with E-state index in [-0.39, 0.29) is 30.4 Å². The van der Waals surface area contributed by atoms with Crippen LogP contribution in [0.1, 0.15) is 6.42 Å². The number of carbonyl (C=O) groups is 1. The van der Waals surface area contributed by atoms with Crippen molar-refractivity contribution in [3.05, 3.63) is 63.2 Å². The van der Waals surface area contributed by atoms with Crippen molar-refractivity contribution in [2.45, 2.75) is 17.9 Å². The van der Waals surface area contributed by atoms with Crippen LogP contribution in [0, 0.1) is 28.3 Å². The molecule has 0 N–H and O–H groups in total. The zero-order valence-corrected chi connectivity index (χ0v) is 16.1. The fourth-order valence-corrected chi connectivity index (χ4v) is 4.32. The molecule has 6 nitrogen and oxygen atoms in total. The first-order chi connectivity index (χ1) is 13.5. The average Bonchev–Trinajstić information content (AvgIpc) is 3.00. The van der Waals surface area contributed by atoms with Crippen LogP contribution >= 0.6 is 23.1 Å². The van der Waals surface area contributed by atoms with Gasteiger partial charge in [-0.2, -0.15) is 4.99 Å². The van der Waals surface area contributed by atoms with Crippen LogP contribution in [0.2, 0.25) is 0 Å². The number of thiazole rings is 1. The summed E-state index contributed by atoms with van der Waals surface area (Å²) in [6.07, 6.45) is 5.61. The predicted molar refractivity (Wildman–Crippen MR) is 108 cm³/mol. The van der Waals surface area contributed by atoms with Crippen LogP contribution in [0.25, 0.3) is 10.2 Å². The van der Waals surface area contributed by atoms with Gasteiger partial charge in [-0.05, 0) is 30.3 Å². The number of carbonyl (C=O) groups excluding carboxylic acids is 1. The van der Waals surface area contributed by atoms with Gasteiger partial charge in [0, 0.05) is 29.2 Å². The van der Waals surface area contributed by atoms with Crippen LogP contribution in [0.3, 0.4) is 0 Å². The number of hydrogen-bond donors (Lipinski definition) is 0. The van der Waals surface area contributed by atoms with Gasteiger partial charge in [0.15, 0.2) is 4.80 Å². The zero-order valence-electron chi connectivity index (χ0n) is 14.5. The number of halogens is 1. The highest BCUT2D eigenvalue weighted by molar-refractivity contribution is 7.99. The summed E-state index contributed by atoms with van der Waals surface area (Å²) < 4.78 is 15.3. The molecule has 0 aliphatic heterocycles. The van der Waals surface area contributed by atoms with E-state index in [1.54, 1.807) is 22.8 Å². The highest BCUT2D eigenvalue weighted by atomic mass is 32.2. The normalized spacial score (nSPS) is 11.5. The SMILES string of the molecule is C#CCn1c(=NC(=O)CCSc2ccc(F)cc2)sc2ccc([N+](=O)[O-])cc21. The fraction of sp³-hybridized carbons (Fsp3) is 0.158.